The molecule has 0 spiro atoms. The number of thioether (sulfide) groups is 1. The van der Waals surface area contributed by atoms with Gasteiger partial charge in [0, 0.05) is 18.8 Å². The quantitative estimate of drug-likeness (QED) is 0.791. The normalized spacial score (nSPS) is 16.8. The van der Waals surface area contributed by atoms with Gasteiger partial charge in [-0.2, -0.15) is 0 Å². The Hall–Kier alpha value is -0.550. The predicted octanol–water partition coefficient (Wildman–Crippen LogP) is 2.22. The third-order valence-electron chi connectivity index (χ3n) is 3.49. The Labute approximate surface area is 107 Å². The lowest BCUT2D eigenvalue weighted by Crippen LogP contribution is -2.12. The van der Waals surface area contributed by atoms with Crippen LogP contribution >= 0.6 is 11.8 Å². The number of rotatable bonds is 6. The van der Waals surface area contributed by atoms with E-state index in [1.165, 1.54) is 32.1 Å². The van der Waals surface area contributed by atoms with Crippen molar-refractivity contribution in [2.75, 3.05) is 12.3 Å². The first-order chi connectivity index (χ1) is 8.31. The van der Waals surface area contributed by atoms with Crippen LogP contribution in [0.5, 0.6) is 0 Å². The van der Waals surface area contributed by atoms with E-state index in [0.717, 1.165) is 29.2 Å². The minimum Gasteiger partial charge on any atom is -0.329 e. The Kier molecular flexibility index (Phi) is 4.86. The van der Waals surface area contributed by atoms with E-state index in [9.17, 15) is 0 Å². The van der Waals surface area contributed by atoms with Gasteiger partial charge in [0.15, 0.2) is 5.16 Å². The lowest BCUT2D eigenvalue weighted by atomic mass is 10.1. The number of aromatic nitrogens is 3. The van der Waals surface area contributed by atoms with Gasteiger partial charge in [-0.3, -0.25) is 0 Å². The van der Waals surface area contributed by atoms with E-state index in [4.69, 9.17) is 5.73 Å². The Morgan fingerprint density at radius 1 is 1.35 bits per heavy atom. The highest BCUT2D eigenvalue weighted by Gasteiger charge is 2.15. The van der Waals surface area contributed by atoms with E-state index in [0.29, 0.717) is 6.54 Å². The molecular weight excluding hydrogens is 232 g/mol. The summed E-state index contributed by atoms with van der Waals surface area (Å²) in [5.41, 5.74) is 5.60. The lowest BCUT2D eigenvalue weighted by Gasteiger charge is -2.09. The fraction of sp³-hybridized carbons (Fsp3) is 0.833. The lowest BCUT2D eigenvalue weighted by molar-refractivity contribution is 0.534. The highest BCUT2D eigenvalue weighted by atomic mass is 32.2. The highest BCUT2D eigenvalue weighted by Crippen LogP contribution is 2.29. The van der Waals surface area contributed by atoms with Crippen molar-refractivity contribution >= 4 is 11.8 Å². The standard InChI is InChI=1S/C12H22N4S/c1-10-14-15-12(16(10)8-7-13)17-9-6-11-4-2-3-5-11/h11H,2-9,13H2,1H3. The molecule has 4 nitrogen and oxygen atoms in total. The molecule has 0 aromatic carbocycles. The largest absolute Gasteiger partial charge is 0.329 e. The van der Waals surface area contributed by atoms with Crippen LogP contribution in [-0.2, 0) is 6.54 Å². The smallest absolute Gasteiger partial charge is 0.191 e. The van der Waals surface area contributed by atoms with Crippen LogP contribution in [0.4, 0.5) is 0 Å². The fourth-order valence-corrected chi connectivity index (χ4v) is 3.58. The van der Waals surface area contributed by atoms with Crippen LogP contribution in [0.3, 0.4) is 0 Å². The molecule has 0 bridgehead atoms. The number of hydrogen-bond donors (Lipinski definition) is 1. The molecule has 2 rings (SSSR count). The summed E-state index contributed by atoms with van der Waals surface area (Å²) >= 11 is 1.83. The summed E-state index contributed by atoms with van der Waals surface area (Å²) in [7, 11) is 0. The molecule has 0 atom stereocenters. The zero-order chi connectivity index (χ0) is 12.1. The van der Waals surface area contributed by atoms with Gasteiger partial charge in [0.25, 0.3) is 0 Å². The zero-order valence-electron chi connectivity index (χ0n) is 10.6. The molecule has 0 amide bonds. The van der Waals surface area contributed by atoms with E-state index in [1.807, 2.05) is 18.7 Å². The third kappa shape index (κ3) is 3.45. The van der Waals surface area contributed by atoms with Crippen LogP contribution in [-0.4, -0.2) is 27.1 Å². The van der Waals surface area contributed by atoms with Gasteiger partial charge in [0.1, 0.15) is 5.82 Å². The van der Waals surface area contributed by atoms with Gasteiger partial charge in [0.2, 0.25) is 0 Å². The Bertz CT molecular complexity index is 344. The Morgan fingerprint density at radius 2 is 2.12 bits per heavy atom. The second-order valence-electron chi connectivity index (χ2n) is 4.76. The Morgan fingerprint density at radius 3 is 2.82 bits per heavy atom. The molecule has 5 heteroatoms. The molecule has 1 aromatic rings. The van der Waals surface area contributed by atoms with Crippen LogP contribution in [0.2, 0.25) is 0 Å². The van der Waals surface area contributed by atoms with Crippen LogP contribution in [0, 0.1) is 12.8 Å². The number of hydrogen-bond acceptors (Lipinski definition) is 4. The molecule has 0 radical (unpaired) electrons. The van der Waals surface area contributed by atoms with Crippen LogP contribution in [0.1, 0.15) is 37.9 Å². The maximum absolute atomic E-state index is 5.60. The first-order valence-corrected chi connectivity index (χ1v) is 7.52. The molecule has 1 aliphatic rings. The van der Waals surface area contributed by atoms with Crippen molar-refractivity contribution in [2.24, 2.45) is 11.7 Å². The van der Waals surface area contributed by atoms with Crippen molar-refractivity contribution in [1.82, 2.24) is 14.8 Å². The maximum Gasteiger partial charge on any atom is 0.191 e. The van der Waals surface area contributed by atoms with Gasteiger partial charge in [-0.1, -0.05) is 37.4 Å². The summed E-state index contributed by atoms with van der Waals surface area (Å²) < 4.78 is 2.12. The molecule has 1 aliphatic carbocycles. The molecule has 0 saturated heterocycles. The molecule has 0 unspecified atom stereocenters. The van der Waals surface area contributed by atoms with Crippen molar-refractivity contribution in [3.8, 4) is 0 Å². The molecule has 2 N–H and O–H groups in total. The Balaban J connectivity index is 1.81. The van der Waals surface area contributed by atoms with Crippen molar-refractivity contribution in [1.29, 1.82) is 0 Å². The van der Waals surface area contributed by atoms with Gasteiger partial charge in [-0.05, 0) is 19.3 Å². The molecule has 1 saturated carbocycles. The van der Waals surface area contributed by atoms with Crippen molar-refractivity contribution < 1.29 is 0 Å². The highest BCUT2D eigenvalue weighted by molar-refractivity contribution is 7.99. The number of aryl methyl sites for hydroxylation is 1. The molecular formula is C12H22N4S. The van der Waals surface area contributed by atoms with Crippen LogP contribution < -0.4 is 5.73 Å². The van der Waals surface area contributed by atoms with E-state index in [-0.39, 0.29) is 0 Å². The average molecular weight is 254 g/mol. The maximum atomic E-state index is 5.60. The average Bonchev–Trinajstić information content (AvgIpc) is 2.93. The third-order valence-corrected chi connectivity index (χ3v) is 4.49. The van der Waals surface area contributed by atoms with Gasteiger partial charge >= 0.3 is 0 Å². The minimum atomic E-state index is 0.648. The first kappa shape index (κ1) is 12.9. The first-order valence-electron chi connectivity index (χ1n) is 6.54. The molecule has 1 heterocycles. The summed E-state index contributed by atoms with van der Waals surface area (Å²) in [6.45, 7) is 3.46. The predicted molar refractivity (Wildman–Crippen MR) is 71.1 cm³/mol. The minimum absolute atomic E-state index is 0.648. The summed E-state index contributed by atoms with van der Waals surface area (Å²) in [5, 5.41) is 9.37. The van der Waals surface area contributed by atoms with Crippen molar-refractivity contribution in [2.45, 2.75) is 50.7 Å². The summed E-state index contributed by atoms with van der Waals surface area (Å²) in [5.74, 6) is 3.08. The summed E-state index contributed by atoms with van der Waals surface area (Å²) in [6, 6.07) is 0. The van der Waals surface area contributed by atoms with Crippen molar-refractivity contribution in [3.63, 3.8) is 0 Å². The van der Waals surface area contributed by atoms with Crippen LogP contribution in [0.15, 0.2) is 5.16 Å². The zero-order valence-corrected chi connectivity index (χ0v) is 11.4. The summed E-state index contributed by atoms with van der Waals surface area (Å²) in [6.07, 6.45) is 7.03. The van der Waals surface area contributed by atoms with Gasteiger partial charge < -0.3 is 10.3 Å². The molecule has 1 fully saturated rings. The summed E-state index contributed by atoms with van der Waals surface area (Å²) in [4.78, 5) is 0. The molecule has 17 heavy (non-hydrogen) atoms. The van der Waals surface area contributed by atoms with Gasteiger partial charge in [-0.15, -0.1) is 10.2 Å². The number of nitrogens with zero attached hydrogens (tertiary/aromatic N) is 3. The van der Waals surface area contributed by atoms with Gasteiger partial charge in [-0.25, -0.2) is 0 Å². The second-order valence-corrected chi connectivity index (χ2v) is 5.82. The fourth-order valence-electron chi connectivity index (χ4n) is 2.47. The molecule has 1 aromatic heterocycles. The van der Waals surface area contributed by atoms with Crippen molar-refractivity contribution in [3.05, 3.63) is 5.82 Å². The SMILES string of the molecule is Cc1nnc(SCCC2CCCC2)n1CCN. The monoisotopic (exact) mass is 254 g/mol. The van der Waals surface area contributed by atoms with E-state index >= 15 is 0 Å². The topological polar surface area (TPSA) is 56.7 Å². The molecule has 0 aliphatic heterocycles. The van der Waals surface area contributed by atoms with Crippen LogP contribution in [0.25, 0.3) is 0 Å². The second kappa shape index (κ2) is 6.40. The number of nitrogens with two attached hydrogens (primary N) is 1. The van der Waals surface area contributed by atoms with Gasteiger partial charge in [0.05, 0.1) is 0 Å². The van der Waals surface area contributed by atoms with E-state index in [2.05, 4.69) is 14.8 Å². The van der Waals surface area contributed by atoms with E-state index in [1.54, 1.807) is 0 Å². The molecule has 96 valence electrons. The van der Waals surface area contributed by atoms with E-state index < -0.39 is 0 Å².